The van der Waals surface area contributed by atoms with Gasteiger partial charge in [-0.1, -0.05) is 71.1 Å². The Bertz CT molecular complexity index is 426. The van der Waals surface area contributed by atoms with Crippen LogP contribution in [0.4, 0.5) is 11.8 Å². The molecule has 0 saturated carbocycles. The minimum atomic E-state index is 0.252. The monoisotopic (exact) mass is 336 g/mol. The number of unbranched alkanes of at least 4 members (excludes halogenated alkanes) is 10. The van der Waals surface area contributed by atoms with Crippen molar-refractivity contribution in [3.63, 3.8) is 0 Å². The van der Waals surface area contributed by atoms with Gasteiger partial charge in [0.15, 0.2) is 0 Å². The highest BCUT2D eigenvalue weighted by Gasteiger charge is 2.02. The Hall–Kier alpha value is -1.52. The number of aromatic nitrogens is 2. The first-order chi connectivity index (χ1) is 11.8. The predicted molar refractivity (Wildman–Crippen MR) is 103 cm³/mol. The summed E-state index contributed by atoms with van der Waals surface area (Å²) in [7, 11) is 0. The summed E-state index contributed by atoms with van der Waals surface area (Å²) < 4.78 is 5.37. The SMILES string of the molecule is CCCCCCCCCCCCCNc1cc(OCC)nc(N)n1. The molecule has 1 aromatic rings. The van der Waals surface area contributed by atoms with Gasteiger partial charge >= 0.3 is 0 Å². The van der Waals surface area contributed by atoms with Crippen molar-refractivity contribution in [1.29, 1.82) is 0 Å². The van der Waals surface area contributed by atoms with Crippen molar-refractivity contribution >= 4 is 11.8 Å². The molecular formula is C19H36N4O. The summed E-state index contributed by atoms with van der Waals surface area (Å²) in [5, 5.41) is 3.30. The molecule has 0 spiro atoms. The molecule has 1 rings (SSSR count). The van der Waals surface area contributed by atoms with Gasteiger partial charge in [0.2, 0.25) is 11.8 Å². The average molecular weight is 337 g/mol. The number of ether oxygens (including phenoxy) is 1. The minimum Gasteiger partial charge on any atom is -0.478 e. The van der Waals surface area contributed by atoms with Crippen LogP contribution in [-0.2, 0) is 0 Å². The number of nitrogens with one attached hydrogen (secondary N) is 1. The van der Waals surface area contributed by atoms with Gasteiger partial charge in [0.1, 0.15) is 5.82 Å². The van der Waals surface area contributed by atoms with Gasteiger partial charge in [-0.3, -0.25) is 0 Å². The van der Waals surface area contributed by atoms with Crippen molar-refractivity contribution in [2.24, 2.45) is 0 Å². The van der Waals surface area contributed by atoms with Gasteiger partial charge in [0.05, 0.1) is 6.61 Å². The van der Waals surface area contributed by atoms with E-state index in [9.17, 15) is 0 Å². The molecule has 138 valence electrons. The van der Waals surface area contributed by atoms with Crippen LogP contribution in [0.15, 0.2) is 6.07 Å². The van der Waals surface area contributed by atoms with E-state index in [0.29, 0.717) is 12.5 Å². The quantitative estimate of drug-likeness (QED) is 0.432. The Labute approximate surface area is 147 Å². The zero-order valence-corrected chi connectivity index (χ0v) is 15.6. The van der Waals surface area contributed by atoms with Crippen molar-refractivity contribution in [3.05, 3.63) is 6.07 Å². The molecule has 0 aromatic carbocycles. The largest absolute Gasteiger partial charge is 0.478 e. The van der Waals surface area contributed by atoms with Gasteiger partial charge in [-0.15, -0.1) is 0 Å². The van der Waals surface area contributed by atoms with Crippen LogP contribution in [0.5, 0.6) is 5.88 Å². The molecule has 0 amide bonds. The van der Waals surface area contributed by atoms with Crippen LogP contribution in [0, 0.1) is 0 Å². The third-order valence-corrected chi connectivity index (χ3v) is 4.10. The summed E-state index contributed by atoms with van der Waals surface area (Å²) in [6.07, 6.45) is 14.9. The fourth-order valence-electron chi connectivity index (χ4n) is 2.76. The topological polar surface area (TPSA) is 73.1 Å². The smallest absolute Gasteiger partial charge is 0.225 e. The number of nitrogen functional groups attached to an aromatic ring is 1. The van der Waals surface area contributed by atoms with Gasteiger partial charge in [-0.2, -0.15) is 9.97 Å². The van der Waals surface area contributed by atoms with Gasteiger partial charge in [-0.05, 0) is 13.3 Å². The summed E-state index contributed by atoms with van der Waals surface area (Å²) in [6, 6.07) is 1.80. The molecule has 0 atom stereocenters. The molecule has 0 bridgehead atoms. The Balaban J connectivity index is 1.98. The van der Waals surface area contributed by atoms with Crippen LogP contribution in [0.3, 0.4) is 0 Å². The Kier molecular flexibility index (Phi) is 11.9. The lowest BCUT2D eigenvalue weighted by Crippen LogP contribution is -2.07. The average Bonchev–Trinajstić information content (AvgIpc) is 2.56. The Morgan fingerprint density at radius 3 is 2.04 bits per heavy atom. The van der Waals surface area contributed by atoms with Crippen molar-refractivity contribution < 1.29 is 4.74 Å². The molecule has 0 fully saturated rings. The number of hydrogen-bond acceptors (Lipinski definition) is 5. The van der Waals surface area contributed by atoms with E-state index in [1.54, 1.807) is 6.07 Å². The second-order valence-corrected chi connectivity index (χ2v) is 6.34. The number of rotatable bonds is 15. The first kappa shape index (κ1) is 20.5. The lowest BCUT2D eigenvalue weighted by molar-refractivity contribution is 0.327. The van der Waals surface area contributed by atoms with Crippen molar-refractivity contribution in [3.8, 4) is 5.88 Å². The first-order valence-electron chi connectivity index (χ1n) is 9.77. The Morgan fingerprint density at radius 2 is 1.46 bits per heavy atom. The molecule has 0 radical (unpaired) electrons. The van der Waals surface area contributed by atoms with Crippen molar-refractivity contribution in [2.75, 3.05) is 24.2 Å². The molecule has 0 saturated heterocycles. The zero-order chi connectivity index (χ0) is 17.5. The van der Waals surface area contributed by atoms with E-state index in [1.165, 1.54) is 64.2 Å². The van der Waals surface area contributed by atoms with Gasteiger partial charge in [0.25, 0.3) is 0 Å². The maximum Gasteiger partial charge on any atom is 0.225 e. The number of nitrogens with two attached hydrogens (primary N) is 1. The second kappa shape index (κ2) is 13.9. The standard InChI is InChI=1S/C19H36N4O/c1-3-5-6-7-8-9-10-11-12-13-14-15-21-17-16-18(24-4-2)23-19(20)22-17/h16H,3-15H2,1-2H3,(H3,20,21,22,23). The highest BCUT2D eigenvalue weighted by atomic mass is 16.5. The molecule has 3 N–H and O–H groups in total. The molecule has 5 heteroatoms. The predicted octanol–water partition coefficient (Wildman–Crippen LogP) is 5.18. The summed E-state index contributed by atoms with van der Waals surface area (Å²) in [5.41, 5.74) is 5.68. The van der Waals surface area contributed by atoms with E-state index >= 15 is 0 Å². The van der Waals surface area contributed by atoms with Crippen LogP contribution in [-0.4, -0.2) is 23.1 Å². The summed E-state index contributed by atoms with van der Waals surface area (Å²) in [4.78, 5) is 8.22. The van der Waals surface area contributed by atoms with Crippen LogP contribution in [0.2, 0.25) is 0 Å². The third kappa shape index (κ3) is 10.3. The molecule has 0 aliphatic carbocycles. The fourth-order valence-corrected chi connectivity index (χ4v) is 2.76. The van der Waals surface area contributed by atoms with E-state index in [0.717, 1.165) is 18.8 Å². The van der Waals surface area contributed by atoms with Crippen molar-refractivity contribution in [1.82, 2.24) is 9.97 Å². The molecule has 1 heterocycles. The van der Waals surface area contributed by atoms with Crippen LogP contribution >= 0.6 is 0 Å². The van der Waals surface area contributed by atoms with E-state index in [1.807, 2.05) is 6.92 Å². The second-order valence-electron chi connectivity index (χ2n) is 6.34. The number of nitrogens with zero attached hydrogens (tertiary/aromatic N) is 2. The van der Waals surface area contributed by atoms with E-state index in [-0.39, 0.29) is 5.95 Å². The number of hydrogen-bond donors (Lipinski definition) is 2. The molecule has 0 aliphatic rings. The van der Waals surface area contributed by atoms with E-state index in [2.05, 4.69) is 22.2 Å². The lowest BCUT2D eigenvalue weighted by Gasteiger charge is -2.08. The summed E-state index contributed by atoms with van der Waals surface area (Å²) in [6.45, 7) is 5.69. The van der Waals surface area contributed by atoms with Crippen LogP contribution in [0.25, 0.3) is 0 Å². The fraction of sp³-hybridized carbons (Fsp3) is 0.789. The maximum absolute atomic E-state index is 5.68. The third-order valence-electron chi connectivity index (χ3n) is 4.10. The molecule has 5 nitrogen and oxygen atoms in total. The van der Waals surface area contributed by atoms with Gasteiger partial charge in [0, 0.05) is 12.6 Å². The molecule has 1 aromatic heterocycles. The maximum atomic E-state index is 5.68. The molecule has 0 aliphatic heterocycles. The summed E-state index contributed by atoms with van der Waals surface area (Å²) >= 11 is 0. The molecule has 0 unspecified atom stereocenters. The van der Waals surface area contributed by atoms with Crippen LogP contribution in [0.1, 0.15) is 84.5 Å². The van der Waals surface area contributed by atoms with Crippen molar-refractivity contribution in [2.45, 2.75) is 84.5 Å². The highest BCUT2D eigenvalue weighted by molar-refractivity contribution is 5.42. The first-order valence-corrected chi connectivity index (χ1v) is 9.77. The molecular weight excluding hydrogens is 300 g/mol. The molecule has 24 heavy (non-hydrogen) atoms. The Morgan fingerprint density at radius 1 is 0.875 bits per heavy atom. The summed E-state index contributed by atoms with van der Waals surface area (Å²) in [5.74, 6) is 1.53. The van der Waals surface area contributed by atoms with Gasteiger partial charge < -0.3 is 15.8 Å². The van der Waals surface area contributed by atoms with Crippen LogP contribution < -0.4 is 15.8 Å². The minimum absolute atomic E-state index is 0.252. The van der Waals surface area contributed by atoms with Gasteiger partial charge in [-0.25, -0.2) is 0 Å². The lowest BCUT2D eigenvalue weighted by atomic mass is 10.1. The van der Waals surface area contributed by atoms with E-state index < -0.39 is 0 Å². The number of anilines is 2. The normalized spacial score (nSPS) is 10.8. The van der Waals surface area contributed by atoms with E-state index in [4.69, 9.17) is 10.5 Å². The zero-order valence-electron chi connectivity index (χ0n) is 15.6. The highest BCUT2D eigenvalue weighted by Crippen LogP contribution is 2.15.